The van der Waals surface area contributed by atoms with Gasteiger partial charge in [-0.3, -0.25) is 0 Å². The van der Waals surface area contributed by atoms with E-state index in [2.05, 4.69) is 6.07 Å². The lowest BCUT2D eigenvalue weighted by Crippen LogP contribution is -2.25. The molecule has 0 N–H and O–H groups in total. The number of benzene rings is 1. The van der Waals surface area contributed by atoms with Crippen molar-refractivity contribution >= 4 is 0 Å². The Balaban J connectivity index is 1.95. The van der Waals surface area contributed by atoms with E-state index >= 15 is 0 Å². The minimum Gasteiger partial charge on any atom is -0.491 e. The Morgan fingerprint density at radius 2 is 2.35 bits per heavy atom. The van der Waals surface area contributed by atoms with E-state index in [-0.39, 0.29) is 6.10 Å². The predicted octanol–water partition coefficient (Wildman–Crippen LogP) is 2.81. The molecule has 1 fully saturated rings. The quantitative estimate of drug-likeness (QED) is 0.803. The Labute approximate surface area is 102 Å². The molecule has 1 aromatic rings. The summed E-state index contributed by atoms with van der Waals surface area (Å²) < 4.78 is 11.3. The first-order valence-corrected chi connectivity index (χ1v) is 6.05. The van der Waals surface area contributed by atoms with Gasteiger partial charge >= 0.3 is 0 Å². The summed E-state index contributed by atoms with van der Waals surface area (Å²) in [6.45, 7) is 3.40. The Kier molecular flexibility index (Phi) is 4.00. The number of ether oxygens (including phenoxy) is 2. The summed E-state index contributed by atoms with van der Waals surface area (Å²) in [6, 6.07) is 7.63. The highest BCUT2D eigenvalue weighted by Gasteiger charge is 2.14. The van der Waals surface area contributed by atoms with Crippen LogP contribution >= 0.6 is 0 Å². The molecule has 1 unspecified atom stereocenters. The summed E-state index contributed by atoms with van der Waals surface area (Å²) >= 11 is 0. The van der Waals surface area contributed by atoms with Gasteiger partial charge in [-0.25, -0.2) is 0 Å². The van der Waals surface area contributed by atoms with Crippen molar-refractivity contribution in [1.29, 1.82) is 5.26 Å². The van der Waals surface area contributed by atoms with Gasteiger partial charge in [-0.2, -0.15) is 5.26 Å². The van der Waals surface area contributed by atoms with Gasteiger partial charge in [0.15, 0.2) is 0 Å². The molecule has 0 saturated carbocycles. The van der Waals surface area contributed by atoms with E-state index in [1.54, 1.807) is 12.1 Å². The second kappa shape index (κ2) is 5.70. The van der Waals surface area contributed by atoms with E-state index in [1.807, 2.05) is 13.0 Å². The zero-order valence-electron chi connectivity index (χ0n) is 10.1. The summed E-state index contributed by atoms with van der Waals surface area (Å²) in [7, 11) is 0. The second-order valence-corrected chi connectivity index (χ2v) is 4.39. The van der Waals surface area contributed by atoms with Crippen LogP contribution in [0.25, 0.3) is 0 Å². The van der Waals surface area contributed by atoms with E-state index in [0.717, 1.165) is 30.8 Å². The molecule has 1 aromatic carbocycles. The van der Waals surface area contributed by atoms with E-state index in [0.29, 0.717) is 12.2 Å². The van der Waals surface area contributed by atoms with Gasteiger partial charge in [0.1, 0.15) is 12.4 Å². The Hall–Kier alpha value is -1.53. The van der Waals surface area contributed by atoms with Gasteiger partial charge in [0.25, 0.3) is 0 Å². The molecular weight excluding hydrogens is 214 g/mol. The number of nitrogens with zero attached hydrogens (tertiary/aromatic N) is 1. The van der Waals surface area contributed by atoms with Crippen molar-refractivity contribution in [2.24, 2.45) is 0 Å². The average Bonchev–Trinajstić information content (AvgIpc) is 2.39. The van der Waals surface area contributed by atoms with Crippen molar-refractivity contribution < 1.29 is 9.47 Å². The molecule has 0 aromatic heterocycles. The minimum absolute atomic E-state index is 0.203. The third-order valence-corrected chi connectivity index (χ3v) is 3.02. The standard InChI is InChI=1S/C14H17NO2/c1-11-5-6-12(9-15)8-14(11)17-10-13-4-2-3-7-16-13/h5-6,8,13H,2-4,7,10H2,1H3. The van der Waals surface area contributed by atoms with Gasteiger partial charge in [0.2, 0.25) is 0 Å². The van der Waals surface area contributed by atoms with Crippen molar-refractivity contribution in [2.75, 3.05) is 13.2 Å². The molecule has 0 aliphatic carbocycles. The first kappa shape index (κ1) is 11.9. The molecular formula is C14H17NO2. The highest BCUT2D eigenvalue weighted by molar-refractivity contribution is 5.41. The van der Waals surface area contributed by atoms with Gasteiger partial charge in [0.05, 0.1) is 17.7 Å². The molecule has 0 bridgehead atoms. The summed E-state index contributed by atoms with van der Waals surface area (Å²) in [5, 5.41) is 8.84. The fourth-order valence-corrected chi connectivity index (χ4v) is 1.95. The first-order chi connectivity index (χ1) is 8.29. The van der Waals surface area contributed by atoms with Crippen LogP contribution in [0.5, 0.6) is 5.75 Å². The minimum atomic E-state index is 0.203. The lowest BCUT2D eigenvalue weighted by atomic mass is 10.1. The predicted molar refractivity (Wildman–Crippen MR) is 65.0 cm³/mol. The van der Waals surface area contributed by atoms with Crippen molar-refractivity contribution in [3.8, 4) is 11.8 Å². The fourth-order valence-electron chi connectivity index (χ4n) is 1.95. The van der Waals surface area contributed by atoms with Crippen molar-refractivity contribution in [3.63, 3.8) is 0 Å². The Morgan fingerprint density at radius 3 is 3.06 bits per heavy atom. The molecule has 0 spiro atoms. The molecule has 1 atom stereocenters. The molecule has 1 aliphatic heterocycles. The Bertz CT molecular complexity index is 417. The zero-order valence-corrected chi connectivity index (χ0v) is 10.1. The molecule has 0 radical (unpaired) electrons. The lowest BCUT2D eigenvalue weighted by molar-refractivity contribution is -0.0111. The summed E-state index contributed by atoms with van der Waals surface area (Å²) in [5.41, 5.74) is 1.69. The first-order valence-electron chi connectivity index (χ1n) is 6.05. The monoisotopic (exact) mass is 231 g/mol. The SMILES string of the molecule is Cc1ccc(C#N)cc1OCC1CCCCO1. The van der Waals surface area contributed by atoms with Crippen LogP contribution in [-0.4, -0.2) is 19.3 Å². The average molecular weight is 231 g/mol. The van der Waals surface area contributed by atoms with Gasteiger partial charge < -0.3 is 9.47 Å². The number of rotatable bonds is 3. The fraction of sp³-hybridized carbons (Fsp3) is 0.500. The van der Waals surface area contributed by atoms with Crippen LogP contribution in [-0.2, 0) is 4.74 Å². The van der Waals surface area contributed by atoms with E-state index in [1.165, 1.54) is 6.42 Å². The number of hydrogen-bond donors (Lipinski definition) is 0. The molecule has 3 nitrogen and oxygen atoms in total. The van der Waals surface area contributed by atoms with E-state index < -0.39 is 0 Å². The van der Waals surface area contributed by atoms with Crippen LogP contribution in [0.1, 0.15) is 30.4 Å². The van der Waals surface area contributed by atoms with Crippen LogP contribution in [0.4, 0.5) is 0 Å². The molecule has 1 aliphatic rings. The summed E-state index contributed by atoms with van der Waals surface area (Å²) in [5.74, 6) is 0.790. The van der Waals surface area contributed by atoms with Gasteiger partial charge in [0, 0.05) is 6.61 Å². The molecule has 1 heterocycles. The largest absolute Gasteiger partial charge is 0.491 e. The van der Waals surface area contributed by atoms with Crippen LogP contribution in [0.15, 0.2) is 18.2 Å². The lowest BCUT2D eigenvalue weighted by Gasteiger charge is -2.23. The Morgan fingerprint density at radius 1 is 1.47 bits per heavy atom. The normalized spacial score (nSPS) is 19.6. The van der Waals surface area contributed by atoms with E-state index in [4.69, 9.17) is 14.7 Å². The smallest absolute Gasteiger partial charge is 0.123 e. The molecule has 17 heavy (non-hydrogen) atoms. The van der Waals surface area contributed by atoms with E-state index in [9.17, 15) is 0 Å². The maximum Gasteiger partial charge on any atom is 0.123 e. The van der Waals surface area contributed by atoms with Gasteiger partial charge in [-0.1, -0.05) is 6.07 Å². The third kappa shape index (κ3) is 3.21. The van der Waals surface area contributed by atoms with Crippen LogP contribution in [0, 0.1) is 18.3 Å². The summed E-state index contributed by atoms with van der Waals surface area (Å²) in [4.78, 5) is 0. The number of nitriles is 1. The number of hydrogen-bond acceptors (Lipinski definition) is 3. The molecule has 0 amide bonds. The van der Waals surface area contributed by atoms with Crippen LogP contribution in [0.2, 0.25) is 0 Å². The van der Waals surface area contributed by atoms with Crippen molar-refractivity contribution in [3.05, 3.63) is 29.3 Å². The highest BCUT2D eigenvalue weighted by Crippen LogP contribution is 2.21. The second-order valence-electron chi connectivity index (χ2n) is 4.39. The molecule has 1 saturated heterocycles. The topological polar surface area (TPSA) is 42.2 Å². The highest BCUT2D eigenvalue weighted by atomic mass is 16.5. The van der Waals surface area contributed by atoms with Gasteiger partial charge in [-0.15, -0.1) is 0 Å². The molecule has 3 heteroatoms. The third-order valence-electron chi connectivity index (χ3n) is 3.02. The summed E-state index contributed by atoms with van der Waals surface area (Å²) in [6.07, 6.45) is 3.63. The van der Waals surface area contributed by atoms with Crippen LogP contribution in [0.3, 0.4) is 0 Å². The number of aryl methyl sites for hydroxylation is 1. The zero-order chi connectivity index (χ0) is 12.1. The van der Waals surface area contributed by atoms with Crippen molar-refractivity contribution in [1.82, 2.24) is 0 Å². The molecule has 90 valence electrons. The van der Waals surface area contributed by atoms with Crippen molar-refractivity contribution in [2.45, 2.75) is 32.3 Å². The molecule has 2 rings (SSSR count). The van der Waals surface area contributed by atoms with Gasteiger partial charge in [-0.05, 0) is 43.9 Å². The maximum absolute atomic E-state index is 8.84. The van der Waals surface area contributed by atoms with Crippen LogP contribution < -0.4 is 4.74 Å². The maximum atomic E-state index is 8.84.